The third kappa shape index (κ3) is 2.76. The van der Waals surface area contributed by atoms with Crippen molar-refractivity contribution in [3.63, 3.8) is 0 Å². The molecule has 1 unspecified atom stereocenters. The van der Waals surface area contributed by atoms with Gasteiger partial charge in [0.25, 0.3) is 0 Å². The number of piperidine rings is 1. The molecular weight excluding hydrogens is 218 g/mol. The number of aromatic nitrogens is 2. The molecule has 1 aromatic heterocycles. The molecule has 0 saturated carbocycles. The molecule has 6 nitrogen and oxygen atoms in total. The van der Waals surface area contributed by atoms with Crippen molar-refractivity contribution in [2.75, 3.05) is 36.1 Å². The molecule has 6 heteroatoms. The molecule has 2 heterocycles. The van der Waals surface area contributed by atoms with Gasteiger partial charge in [0.15, 0.2) is 0 Å². The summed E-state index contributed by atoms with van der Waals surface area (Å²) in [6, 6.07) is 1.84. The Morgan fingerprint density at radius 2 is 2.29 bits per heavy atom. The van der Waals surface area contributed by atoms with E-state index in [0.717, 1.165) is 25.2 Å². The van der Waals surface area contributed by atoms with Crippen LogP contribution in [0.3, 0.4) is 0 Å². The highest BCUT2D eigenvalue weighted by Crippen LogP contribution is 2.25. The number of β-amino-alcohol motifs (C(OH)–C–C–N with tert-alkyl or cyclic N) is 1. The first-order valence-electron chi connectivity index (χ1n) is 5.80. The number of anilines is 3. The topological polar surface area (TPSA) is 87.3 Å². The number of nitrogens with two attached hydrogens (primary N) is 1. The monoisotopic (exact) mass is 237 g/mol. The van der Waals surface area contributed by atoms with Crippen LogP contribution in [-0.4, -0.2) is 40.8 Å². The van der Waals surface area contributed by atoms with Gasteiger partial charge in [0.2, 0.25) is 5.95 Å². The maximum atomic E-state index is 10.1. The molecule has 0 amide bonds. The van der Waals surface area contributed by atoms with Crippen LogP contribution in [0.1, 0.15) is 19.8 Å². The van der Waals surface area contributed by atoms with Crippen LogP contribution in [0.2, 0.25) is 0 Å². The van der Waals surface area contributed by atoms with Gasteiger partial charge in [-0.1, -0.05) is 0 Å². The Hall–Kier alpha value is -1.56. The Balaban J connectivity index is 2.24. The fraction of sp³-hybridized carbons (Fsp3) is 0.636. The SMILES string of the molecule is CNc1cc(N2CCCC(C)(O)C2)nc(N)n1. The number of hydrogen-bond acceptors (Lipinski definition) is 6. The van der Waals surface area contributed by atoms with E-state index in [1.165, 1.54) is 0 Å². The molecule has 1 aliphatic rings. The number of nitrogen functional groups attached to an aromatic ring is 1. The minimum Gasteiger partial charge on any atom is -0.388 e. The summed E-state index contributed by atoms with van der Waals surface area (Å²) in [4.78, 5) is 10.3. The van der Waals surface area contributed by atoms with E-state index in [2.05, 4.69) is 15.3 Å². The molecule has 1 aliphatic heterocycles. The van der Waals surface area contributed by atoms with Crippen molar-refractivity contribution < 1.29 is 5.11 Å². The number of hydrogen-bond donors (Lipinski definition) is 3. The predicted octanol–water partition coefficient (Wildman–Crippen LogP) is 0.452. The lowest BCUT2D eigenvalue weighted by Gasteiger charge is -2.37. The van der Waals surface area contributed by atoms with E-state index in [4.69, 9.17) is 5.73 Å². The quantitative estimate of drug-likeness (QED) is 0.692. The van der Waals surface area contributed by atoms with E-state index in [1.807, 2.05) is 17.9 Å². The van der Waals surface area contributed by atoms with Crippen molar-refractivity contribution in [1.82, 2.24) is 9.97 Å². The molecule has 1 atom stereocenters. The molecule has 1 saturated heterocycles. The van der Waals surface area contributed by atoms with E-state index in [0.29, 0.717) is 12.4 Å². The van der Waals surface area contributed by atoms with Crippen molar-refractivity contribution in [3.05, 3.63) is 6.07 Å². The molecular formula is C11H19N5O. The van der Waals surface area contributed by atoms with Crippen LogP contribution in [0.25, 0.3) is 0 Å². The third-order valence-corrected chi connectivity index (χ3v) is 2.98. The lowest BCUT2D eigenvalue weighted by Crippen LogP contribution is -2.46. The van der Waals surface area contributed by atoms with Gasteiger partial charge in [0.05, 0.1) is 5.60 Å². The molecule has 4 N–H and O–H groups in total. The molecule has 0 spiro atoms. The Bertz CT molecular complexity index is 407. The fourth-order valence-electron chi connectivity index (χ4n) is 2.16. The lowest BCUT2D eigenvalue weighted by molar-refractivity contribution is 0.0447. The summed E-state index contributed by atoms with van der Waals surface area (Å²) in [5.74, 6) is 1.71. The average Bonchev–Trinajstić information content (AvgIpc) is 2.27. The highest BCUT2D eigenvalue weighted by molar-refractivity contribution is 5.52. The second-order valence-corrected chi connectivity index (χ2v) is 4.74. The maximum absolute atomic E-state index is 10.1. The Kier molecular flexibility index (Phi) is 3.06. The zero-order valence-electron chi connectivity index (χ0n) is 10.3. The number of nitrogens with one attached hydrogen (secondary N) is 1. The molecule has 17 heavy (non-hydrogen) atoms. The van der Waals surface area contributed by atoms with E-state index < -0.39 is 5.60 Å². The molecule has 0 aliphatic carbocycles. The maximum Gasteiger partial charge on any atom is 0.223 e. The summed E-state index contributed by atoms with van der Waals surface area (Å²) in [5, 5.41) is 13.0. The van der Waals surface area contributed by atoms with Gasteiger partial charge in [-0.05, 0) is 19.8 Å². The second kappa shape index (κ2) is 4.37. The van der Waals surface area contributed by atoms with Crippen molar-refractivity contribution in [2.24, 2.45) is 0 Å². The number of rotatable bonds is 2. The Labute approximate surface area is 101 Å². The van der Waals surface area contributed by atoms with Gasteiger partial charge in [0.1, 0.15) is 11.6 Å². The van der Waals surface area contributed by atoms with E-state index in [9.17, 15) is 5.11 Å². The smallest absolute Gasteiger partial charge is 0.223 e. The summed E-state index contributed by atoms with van der Waals surface area (Å²) in [5.41, 5.74) is 5.00. The average molecular weight is 237 g/mol. The highest BCUT2D eigenvalue weighted by Gasteiger charge is 2.29. The van der Waals surface area contributed by atoms with Crippen molar-refractivity contribution >= 4 is 17.6 Å². The van der Waals surface area contributed by atoms with Crippen molar-refractivity contribution in [1.29, 1.82) is 0 Å². The number of aliphatic hydroxyl groups is 1. The van der Waals surface area contributed by atoms with E-state index >= 15 is 0 Å². The predicted molar refractivity (Wildman–Crippen MR) is 68.1 cm³/mol. The normalized spacial score (nSPS) is 24.8. The van der Waals surface area contributed by atoms with E-state index in [-0.39, 0.29) is 5.95 Å². The second-order valence-electron chi connectivity index (χ2n) is 4.74. The fourth-order valence-corrected chi connectivity index (χ4v) is 2.16. The van der Waals surface area contributed by atoms with Crippen LogP contribution in [0.4, 0.5) is 17.6 Å². The Morgan fingerprint density at radius 1 is 1.53 bits per heavy atom. The van der Waals surface area contributed by atoms with Gasteiger partial charge in [-0.3, -0.25) is 0 Å². The highest BCUT2D eigenvalue weighted by atomic mass is 16.3. The van der Waals surface area contributed by atoms with Crippen LogP contribution >= 0.6 is 0 Å². The molecule has 2 rings (SSSR count). The van der Waals surface area contributed by atoms with Crippen molar-refractivity contribution in [3.8, 4) is 0 Å². The van der Waals surface area contributed by atoms with Crippen LogP contribution in [0, 0.1) is 0 Å². The Morgan fingerprint density at radius 3 is 2.94 bits per heavy atom. The summed E-state index contributed by atoms with van der Waals surface area (Å²) in [6.07, 6.45) is 1.77. The van der Waals surface area contributed by atoms with Gasteiger partial charge in [-0.2, -0.15) is 9.97 Å². The summed E-state index contributed by atoms with van der Waals surface area (Å²) >= 11 is 0. The van der Waals surface area contributed by atoms with Gasteiger partial charge < -0.3 is 21.1 Å². The summed E-state index contributed by atoms with van der Waals surface area (Å²) in [6.45, 7) is 3.31. The van der Waals surface area contributed by atoms with E-state index in [1.54, 1.807) is 7.05 Å². The molecule has 0 aromatic carbocycles. The number of nitrogens with zero attached hydrogens (tertiary/aromatic N) is 3. The molecule has 0 bridgehead atoms. The summed E-state index contributed by atoms with van der Waals surface area (Å²) < 4.78 is 0. The van der Waals surface area contributed by atoms with Crippen LogP contribution in [0.15, 0.2) is 6.07 Å². The molecule has 0 radical (unpaired) electrons. The minimum atomic E-state index is -0.655. The summed E-state index contributed by atoms with van der Waals surface area (Å²) in [7, 11) is 1.79. The van der Waals surface area contributed by atoms with Gasteiger partial charge in [-0.15, -0.1) is 0 Å². The van der Waals surface area contributed by atoms with Crippen molar-refractivity contribution in [2.45, 2.75) is 25.4 Å². The van der Waals surface area contributed by atoms with Gasteiger partial charge in [0, 0.05) is 26.2 Å². The standard InChI is InChI=1S/C11H19N5O/c1-11(17)4-3-5-16(7-11)9-6-8(13-2)14-10(12)15-9/h6,17H,3-5,7H2,1-2H3,(H3,12,13,14,15). The minimum absolute atomic E-state index is 0.247. The molecule has 94 valence electrons. The zero-order chi connectivity index (χ0) is 12.5. The largest absolute Gasteiger partial charge is 0.388 e. The third-order valence-electron chi connectivity index (χ3n) is 2.98. The van der Waals surface area contributed by atoms with Crippen LogP contribution < -0.4 is 16.0 Å². The first kappa shape index (κ1) is 11.9. The molecule has 1 aromatic rings. The van der Waals surface area contributed by atoms with Crippen LogP contribution in [-0.2, 0) is 0 Å². The van der Waals surface area contributed by atoms with Gasteiger partial charge in [-0.25, -0.2) is 0 Å². The first-order chi connectivity index (χ1) is 8.00. The zero-order valence-corrected chi connectivity index (χ0v) is 10.3. The van der Waals surface area contributed by atoms with Gasteiger partial charge >= 0.3 is 0 Å². The first-order valence-corrected chi connectivity index (χ1v) is 5.80. The van der Waals surface area contributed by atoms with Crippen LogP contribution in [0.5, 0.6) is 0 Å². The molecule has 1 fully saturated rings. The lowest BCUT2D eigenvalue weighted by atomic mass is 9.95.